The van der Waals surface area contributed by atoms with Crippen molar-refractivity contribution in [3.05, 3.63) is 29.3 Å². The van der Waals surface area contributed by atoms with E-state index in [9.17, 15) is 19.2 Å². The first-order valence-electron chi connectivity index (χ1n) is 11.8. The normalized spacial score (nSPS) is 33.6. The number of hydrogen-bond donors (Lipinski definition) is 0. The number of hydrogen-bond acceptors (Lipinski definition) is 8. The maximum atomic E-state index is 12.2. The number of esters is 4. The molecule has 7 atom stereocenters. The highest BCUT2D eigenvalue weighted by Crippen LogP contribution is 2.63. The standard InChI is InChI=1S/C26H32O8/c1-13(27)31-17-6-7-18-19-10-11-26(5)21(8-9-22(26)32-14(2)28)23(19)25(34-16(4)30)24(20(18)12-17)33-15(3)29/h6-7,12,19,21-25H,8-11H2,1-5H3. The van der Waals surface area contributed by atoms with Gasteiger partial charge in [0.2, 0.25) is 0 Å². The van der Waals surface area contributed by atoms with Crippen LogP contribution in [0.4, 0.5) is 0 Å². The van der Waals surface area contributed by atoms with Crippen molar-refractivity contribution < 1.29 is 38.1 Å². The zero-order valence-corrected chi connectivity index (χ0v) is 20.3. The van der Waals surface area contributed by atoms with Crippen LogP contribution in [0.25, 0.3) is 0 Å². The third kappa shape index (κ3) is 4.30. The van der Waals surface area contributed by atoms with Gasteiger partial charge in [-0.25, -0.2) is 0 Å². The predicted octanol–water partition coefficient (Wildman–Crippen LogP) is 4.00. The first-order valence-corrected chi connectivity index (χ1v) is 11.8. The number of benzene rings is 1. The lowest BCUT2D eigenvalue weighted by molar-refractivity contribution is -0.184. The lowest BCUT2D eigenvalue weighted by Crippen LogP contribution is -2.52. The summed E-state index contributed by atoms with van der Waals surface area (Å²) >= 11 is 0. The maximum Gasteiger partial charge on any atom is 0.308 e. The molecule has 8 heteroatoms. The number of carbonyl (C=O) groups is 4. The average Bonchev–Trinajstić information content (AvgIpc) is 3.04. The van der Waals surface area contributed by atoms with Crippen molar-refractivity contribution in [1.82, 2.24) is 0 Å². The van der Waals surface area contributed by atoms with Gasteiger partial charge >= 0.3 is 23.9 Å². The van der Waals surface area contributed by atoms with Gasteiger partial charge in [-0.1, -0.05) is 13.0 Å². The molecule has 0 aliphatic heterocycles. The number of rotatable bonds is 4. The zero-order chi connectivity index (χ0) is 24.8. The lowest BCUT2D eigenvalue weighted by Gasteiger charge is -2.53. The molecule has 3 aliphatic carbocycles. The lowest BCUT2D eigenvalue weighted by atomic mass is 9.54. The Morgan fingerprint density at radius 1 is 0.824 bits per heavy atom. The fourth-order valence-electron chi connectivity index (χ4n) is 6.75. The molecule has 0 spiro atoms. The van der Waals surface area contributed by atoms with E-state index in [-0.39, 0.29) is 35.2 Å². The van der Waals surface area contributed by atoms with E-state index < -0.39 is 30.1 Å². The molecule has 0 N–H and O–H groups in total. The maximum absolute atomic E-state index is 12.2. The smallest absolute Gasteiger partial charge is 0.308 e. The highest BCUT2D eigenvalue weighted by molar-refractivity contribution is 5.70. The Balaban J connectivity index is 1.82. The molecule has 1 aromatic carbocycles. The third-order valence-electron chi connectivity index (χ3n) is 7.85. The second kappa shape index (κ2) is 9.04. The van der Waals surface area contributed by atoms with Crippen molar-refractivity contribution in [2.45, 2.75) is 84.5 Å². The Morgan fingerprint density at radius 2 is 1.50 bits per heavy atom. The second-order valence-electron chi connectivity index (χ2n) is 10.00. The van der Waals surface area contributed by atoms with Gasteiger partial charge in [0.05, 0.1) is 0 Å². The number of carbonyl (C=O) groups excluding carboxylic acids is 4. The monoisotopic (exact) mass is 472 g/mol. The van der Waals surface area contributed by atoms with Crippen LogP contribution in [-0.4, -0.2) is 36.1 Å². The van der Waals surface area contributed by atoms with Crippen molar-refractivity contribution in [1.29, 1.82) is 0 Å². The van der Waals surface area contributed by atoms with E-state index in [0.717, 1.165) is 31.2 Å². The van der Waals surface area contributed by atoms with Gasteiger partial charge in [0.15, 0.2) is 6.10 Å². The van der Waals surface area contributed by atoms with Gasteiger partial charge in [0, 0.05) is 44.6 Å². The summed E-state index contributed by atoms with van der Waals surface area (Å²) in [5.74, 6) is -1.29. The predicted molar refractivity (Wildman–Crippen MR) is 120 cm³/mol. The molecule has 4 rings (SSSR count). The van der Waals surface area contributed by atoms with Crippen LogP contribution in [0.1, 0.15) is 83.5 Å². The second-order valence-corrected chi connectivity index (χ2v) is 10.00. The summed E-state index contributed by atoms with van der Waals surface area (Å²) in [5, 5.41) is 0. The van der Waals surface area contributed by atoms with Crippen LogP contribution in [-0.2, 0) is 33.4 Å². The summed E-state index contributed by atoms with van der Waals surface area (Å²) in [6.45, 7) is 7.58. The van der Waals surface area contributed by atoms with E-state index >= 15 is 0 Å². The largest absolute Gasteiger partial charge is 0.462 e. The Bertz CT molecular complexity index is 1020. The third-order valence-corrected chi connectivity index (χ3v) is 7.85. The summed E-state index contributed by atoms with van der Waals surface area (Å²) in [6.07, 6.45) is 1.49. The van der Waals surface area contributed by atoms with Crippen LogP contribution >= 0.6 is 0 Å². The van der Waals surface area contributed by atoms with E-state index in [0.29, 0.717) is 11.3 Å². The zero-order valence-electron chi connectivity index (χ0n) is 20.3. The molecule has 2 fully saturated rings. The topological polar surface area (TPSA) is 105 Å². The van der Waals surface area contributed by atoms with Gasteiger partial charge in [-0.2, -0.15) is 0 Å². The first kappa shape index (κ1) is 24.2. The Labute approximate surface area is 199 Å². The fraction of sp³-hybridized carbons (Fsp3) is 0.615. The highest BCUT2D eigenvalue weighted by atomic mass is 16.6. The van der Waals surface area contributed by atoms with Crippen molar-refractivity contribution in [3.63, 3.8) is 0 Å². The van der Waals surface area contributed by atoms with Crippen molar-refractivity contribution in [3.8, 4) is 5.75 Å². The summed E-state index contributed by atoms with van der Waals surface area (Å²) in [6, 6.07) is 5.38. The van der Waals surface area contributed by atoms with Gasteiger partial charge in [-0.3, -0.25) is 19.2 Å². The van der Waals surface area contributed by atoms with Crippen LogP contribution in [0, 0.1) is 17.3 Å². The molecule has 2 saturated carbocycles. The van der Waals surface area contributed by atoms with Gasteiger partial charge in [-0.15, -0.1) is 0 Å². The highest BCUT2D eigenvalue weighted by Gasteiger charge is 2.61. The summed E-state index contributed by atoms with van der Waals surface area (Å²) in [5.41, 5.74) is 1.44. The summed E-state index contributed by atoms with van der Waals surface area (Å²) in [7, 11) is 0. The van der Waals surface area contributed by atoms with Crippen LogP contribution in [0.2, 0.25) is 0 Å². The molecule has 7 unspecified atom stereocenters. The van der Waals surface area contributed by atoms with Gasteiger partial charge in [-0.05, 0) is 55.2 Å². The number of fused-ring (bicyclic) bond motifs is 5. The molecule has 0 radical (unpaired) electrons. The minimum absolute atomic E-state index is 0.0617. The first-order chi connectivity index (χ1) is 16.0. The van der Waals surface area contributed by atoms with Gasteiger partial charge < -0.3 is 18.9 Å². The van der Waals surface area contributed by atoms with E-state index in [2.05, 4.69) is 6.92 Å². The SMILES string of the molecule is CC(=O)Oc1ccc2c(c1)C(OC(C)=O)C(OC(C)=O)C1C2CCC2(C)C(OC(C)=O)CCC12. The molecule has 0 aromatic heterocycles. The van der Waals surface area contributed by atoms with E-state index in [4.69, 9.17) is 18.9 Å². The fourth-order valence-corrected chi connectivity index (χ4v) is 6.75. The molecule has 8 nitrogen and oxygen atoms in total. The minimum atomic E-state index is -0.830. The quantitative estimate of drug-likeness (QED) is 0.368. The van der Waals surface area contributed by atoms with Crippen LogP contribution in [0.5, 0.6) is 5.75 Å². The van der Waals surface area contributed by atoms with Gasteiger partial charge in [0.25, 0.3) is 0 Å². The summed E-state index contributed by atoms with van der Waals surface area (Å²) in [4.78, 5) is 47.7. The van der Waals surface area contributed by atoms with Crippen LogP contribution < -0.4 is 4.74 Å². The molecule has 34 heavy (non-hydrogen) atoms. The molecule has 3 aliphatic rings. The van der Waals surface area contributed by atoms with Crippen molar-refractivity contribution >= 4 is 23.9 Å². The Kier molecular flexibility index (Phi) is 6.44. The van der Waals surface area contributed by atoms with Crippen LogP contribution in [0.15, 0.2) is 18.2 Å². The minimum Gasteiger partial charge on any atom is -0.462 e. The molecule has 0 heterocycles. The molecular weight excluding hydrogens is 440 g/mol. The summed E-state index contributed by atoms with van der Waals surface area (Å²) < 4.78 is 22.7. The van der Waals surface area contributed by atoms with Gasteiger partial charge in [0.1, 0.15) is 18.0 Å². The molecular formula is C26H32O8. The Hall–Kier alpha value is -2.90. The van der Waals surface area contributed by atoms with Crippen molar-refractivity contribution in [2.24, 2.45) is 17.3 Å². The van der Waals surface area contributed by atoms with Crippen molar-refractivity contribution in [2.75, 3.05) is 0 Å². The molecule has 1 aromatic rings. The molecule has 184 valence electrons. The Morgan fingerprint density at radius 3 is 2.12 bits per heavy atom. The molecule has 0 amide bonds. The molecule has 0 bridgehead atoms. The number of ether oxygens (including phenoxy) is 4. The van der Waals surface area contributed by atoms with Crippen LogP contribution in [0.3, 0.4) is 0 Å². The van der Waals surface area contributed by atoms with E-state index in [1.807, 2.05) is 6.07 Å². The molecule has 0 saturated heterocycles. The van der Waals surface area contributed by atoms with E-state index in [1.54, 1.807) is 12.1 Å². The van der Waals surface area contributed by atoms with E-state index in [1.165, 1.54) is 27.7 Å². The average molecular weight is 473 g/mol.